The number of nitrogens with one attached hydrogen (secondary N) is 1. The number of hydrogen-bond donors (Lipinski definition) is 5. The van der Waals surface area contributed by atoms with Crippen molar-refractivity contribution in [2.45, 2.75) is 54.9 Å². The number of rotatable bonds is 9. The first-order valence-corrected chi connectivity index (χ1v) is 15.3. The van der Waals surface area contributed by atoms with Crippen LogP contribution in [0.4, 0.5) is 0 Å². The lowest BCUT2D eigenvalue weighted by Crippen LogP contribution is -2.70. The number of carboxylic acid groups (broad SMARTS) is 1. The Labute approximate surface area is 238 Å². The molecule has 0 saturated carbocycles. The topological polar surface area (TPSA) is 231 Å². The predicted octanol–water partition coefficient (Wildman–Crippen LogP) is -0.174. The standard InChI is InChI=1S/C18H18N6O8S3.C4H11N/c25-13(9-4-2-1-3-5-9)14(26)19-11-15(27)24-12(17(28)29)10(6-33-16(11)24)7-34-18-20-21-22-23(18)8-35(30,31)32;1-4(2,3)5/h1-5,11,13,16,25H,6-8H2,(H,19,26)(H,28,29)(H,30,31,32);5H2,1-3H3/t11-,13?,16-;/m1./s1. The zero-order chi connectivity index (χ0) is 29.8. The van der Waals surface area contributed by atoms with Crippen molar-refractivity contribution in [3.8, 4) is 0 Å². The summed E-state index contributed by atoms with van der Waals surface area (Å²) in [6, 6.07) is 7.17. The summed E-state index contributed by atoms with van der Waals surface area (Å²) in [5, 5.41) is 32.4. The Morgan fingerprint density at radius 3 is 2.48 bits per heavy atom. The van der Waals surface area contributed by atoms with Crippen LogP contribution in [0.3, 0.4) is 0 Å². The van der Waals surface area contributed by atoms with E-state index in [1.807, 2.05) is 20.8 Å². The monoisotopic (exact) mass is 615 g/mol. The molecule has 3 atom stereocenters. The van der Waals surface area contributed by atoms with Crippen molar-refractivity contribution in [3.05, 3.63) is 47.2 Å². The number of nitrogens with zero attached hydrogens (tertiary/aromatic N) is 5. The quantitative estimate of drug-likeness (QED) is 0.140. The number of tetrazole rings is 1. The zero-order valence-electron chi connectivity index (χ0n) is 21.7. The molecule has 0 spiro atoms. The molecule has 0 aliphatic carbocycles. The molecule has 1 aromatic heterocycles. The number of carbonyl (C=O) groups is 3. The van der Waals surface area contributed by atoms with E-state index in [-0.39, 0.29) is 27.9 Å². The Morgan fingerprint density at radius 2 is 1.90 bits per heavy atom. The number of hydrogen-bond acceptors (Lipinski definition) is 12. The van der Waals surface area contributed by atoms with E-state index in [2.05, 4.69) is 20.8 Å². The summed E-state index contributed by atoms with van der Waals surface area (Å²) in [5.41, 5.74) is 5.83. The normalized spacial score (nSPS) is 19.6. The first-order valence-electron chi connectivity index (χ1n) is 11.6. The number of β-lactam (4-membered cyclic amide) rings is 1. The third-order valence-corrected chi connectivity index (χ3v) is 8.03. The smallest absolute Gasteiger partial charge is 0.352 e. The maximum absolute atomic E-state index is 12.8. The Hall–Kier alpha value is -3.03. The molecule has 2 aromatic rings. The lowest BCUT2D eigenvalue weighted by molar-refractivity contribution is -0.151. The van der Waals surface area contributed by atoms with Crippen LogP contribution < -0.4 is 11.1 Å². The summed E-state index contributed by atoms with van der Waals surface area (Å²) in [4.78, 5) is 38.3. The Bertz CT molecular complexity index is 1390. The Kier molecular flexibility index (Phi) is 9.96. The lowest BCUT2D eigenvalue weighted by atomic mass is 10.0. The van der Waals surface area contributed by atoms with Crippen LogP contribution in [-0.2, 0) is 30.4 Å². The SMILES string of the molecule is CC(C)(C)N.O=C(O)C1=C(CSc2nnnn2CS(=O)(=O)O)CS[C@@H]2[C@H](NC(=O)C(O)c3ccccc3)C(=O)N12. The van der Waals surface area contributed by atoms with Gasteiger partial charge in [-0.3, -0.25) is 19.0 Å². The van der Waals surface area contributed by atoms with Crippen molar-refractivity contribution in [2.75, 3.05) is 11.5 Å². The molecule has 1 saturated heterocycles. The van der Waals surface area contributed by atoms with Crippen LogP contribution in [-0.4, -0.2) is 94.5 Å². The third kappa shape index (κ3) is 8.24. The third-order valence-electron chi connectivity index (χ3n) is 5.07. The van der Waals surface area contributed by atoms with Crippen LogP contribution in [0.5, 0.6) is 0 Å². The molecule has 2 aliphatic heterocycles. The van der Waals surface area contributed by atoms with Gasteiger partial charge < -0.3 is 21.3 Å². The van der Waals surface area contributed by atoms with Gasteiger partial charge >= 0.3 is 5.97 Å². The highest BCUT2D eigenvalue weighted by atomic mass is 32.2. The highest BCUT2D eigenvalue weighted by Crippen LogP contribution is 2.41. The minimum atomic E-state index is -4.40. The second-order valence-electron chi connectivity index (χ2n) is 9.79. The number of aliphatic hydroxyl groups excluding tert-OH is 1. The number of amides is 2. The number of benzene rings is 1. The van der Waals surface area contributed by atoms with Gasteiger partial charge in [-0.2, -0.15) is 8.42 Å². The number of aliphatic hydroxyl groups is 1. The summed E-state index contributed by atoms with van der Waals surface area (Å²) >= 11 is 2.17. The number of thioether (sulfide) groups is 2. The fraction of sp³-hybridized carbons (Fsp3) is 0.455. The lowest BCUT2D eigenvalue weighted by Gasteiger charge is -2.49. The highest BCUT2D eigenvalue weighted by Gasteiger charge is 2.54. The van der Waals surface area contributed by atoms with Gasteiger partial charge in [0.15, 0.2) is 12.0 Å². The van der Waals surface area contributed by atoms with Crippen LogP contribution in [0.1, 0.15) is 32.4 Å². The molecular weight excluding hydrogens is 586 g/mol. The fourth-order valence-corrected chi connectivity index (χ4v) is 6.43. The van der Waals surface area contributed by atoms with Crippen molar-refractivity contribution in [3.63, 3.8) is 0 Å². The van der Waals surface area contributed by atoms with E-state index in [9.17, 15) is 33.0 Å². The Balaban J connectivity index is 0.000000810. The first-order chi connectivity index (χ1) is 18.6. The van der Waals surface area contributed by atoms with Crippen LogP contribution in [0.2, 0.25) is 0 Å². The summed E-state index contributed by atoms with van der Waals surface area (Å²) < 4.78 is 32.0. The molecule has 40 heavy (non-hydrogen) atoms. The molecule has 1 aromatic carbocycles. The van der Waals surface area contributed by atoms with E-state index in [1.54, 1.807) is 30.3 Å². The average molecular weight is 616 g/mol. The average Bonchev–Trinajstić information content (AvgIpc) is 3.29. The van der Waals surface area contributed by atoms with Gasteiger partial charge in [0.25, 0.3) is 21.9 Å². The molecule has 218 valence electrons. The van der Waals surface area contributed by atoms with Crippen LogP contribution in [0.15, 0.2) is 46.8 Å². The molecule has 1 unspecified atom stereocenters. The van der Waals surface area contributed by atoms with Crippen molar-refractivity contribution in [1.29, 1.82) is 0 Å². The largest absolute Gasteiger partial charge is 0.477 e. The van der Waals surface area contributed by atoms with Crippen molar-refractivity contribution >= 4 is 51.4 Å². The summed E-state index contributed by atoms with van der Waals surface area (Å²) in [6.07, 6.45) is -1.48. The molecular formula is C22H29N7O8S3. The number of fused-ring (bicyclic) bond motifs is 1. The second-order valence-corrected chi connectivity index (χ2v) is 13.3. The van der Waals surface area contributed by atoms with E-state index in [1.165, 1.54) is 11.8 Å². The molecule has 6 N–H and O–H groups in total. The molecule has 4 rings (SSSR count). The molecule has 15 nitrogen and oxygen atoms in total. The van der Waals surface area contributed by atoms with E-state index < -0.39 is 51.3 Å². The maximum atomic E-state index is 12.8. The van der Waals surface area contributed by atoms with Gasteiger partial charge in [-0.15, -0.1) is 16.9 Å². The molecule has 0 bridgehead atoms. The Morgan fingerprint density at radius 1 is 1.27 bits per heavy atom. The maximum Gasteiger partial charge on any atom is 0.352 e. The molecule has 1 fully saturated rings. The van der Waals surface area contributed by atoms with Gasteiger partial charge in [0.1, 0.15) is 17.1 Å². The van der Waals surface area contributed by atoms with Gasteiger partial charge in [-0.25, -0.2) is 9.48 Å². The second kappa shape index (κ2) is 12.6. The van der Waals surface area contributed by atoms with Gasteiger partial charge in [0.05, 0.1) is 0 Å². The van der Waals surface area contributed by atoms with Crippen molar-refractivity contribution in [2.24, 2.45) is 5.73 Å². The number of carboxylic acids is 1. The number of aliphatic carboxylic acids is 1. The van der Waals surface area contributed by atoms with Crippen LogP contribution in [0.25, 0.3) is 0 Å². The zero-order valence-corrected chi connectivity index (χ0v) is 24.1. The molecule has 2 amide bonds. The predicted molar refractivity (Wildman–Crippen MR) is 145 cm³/mol. The summed E-state index contributed by atoms with van der Waals surface area (Å²) in [6.45, 7) is 5.90. The van der Waals surface area contributed by atoms with E-state index in [4.69, 9.17) is 10.3 Å². The minimum Gasteiger partial charge on any atom is -0.477 e. The number of aromatic nitrogens is 4. The number of nitrogens with two attached hydrogens (primary N) is 1. The molecule has 2 aliphatic rings. The number of carbonyl (C=O) groups excluding carboxylic acids is 2. The van der Waals surface area contributed by atoms with Gasteiger partial charge in [0, 0.05) is 17.0 Å². The molecule has 0 radical (unpaired) electrons. The first kappa shape index (κ1) is 31.5. The summed E-state index contributed by atoms with van der Waals surface area (Å²) in [7, 11) is -4.40. The van der Waals surface area contributed by atoms with Gasteiger partial charge in [-0.1, -0.05) is 42.1 Å². The minimum absolute atomic E-state index is 0. The van der Waals surface area contributed by atoms with E-state index in [0.717, 1.165) is 21.3 Å². The van der Waals surface area contributed by atoms with Gasteiger partial charge in [0.2, 0.25) is 5.16 Å². The summed E-state index contributed by atoms with van der Waals surface area (Å²) in [5.74, 6) is -3.39. The molecule has 18 heteroatoms. The van der Waals surface area contributed by atoms with Crippen LogP contribution >= 0.6 is 23.5 Å². The van der Waals surface area contributed by atoms with Crippen molar-refractivity contribution in [1.82, 2.24) is 30.4 Å². The highest BCUT2D eigenvalue weighted by molar-refractivity contribution is 8.01. The molecule has 3 heterocycles. The van der Waals surface area contributed by atoms with E-state index >= 15 is 0 Å². The van der Waals surface area contributed by atoms with E-state index in [0.29, 0.717) is 11.1 Å². The van der Waals surface area contributed by atoms with Crippen molar-refractivity contribution < 1.29 is 37.6 Å². The van der Waals surface area contributed by atoms with Crippen LogP contribution in [0, 0.1) is 0 Å². The van der Waals surface area contributed by atoms with Gasteiger partial charge in [-0.05, 0) is 42.3 Å². The fourth-order valence-electron chi connectivity index (χ4n) is 3.50.